The van der Waals surface area contributed by atoms with Crippen molar-refractivity contribution in [1.82, 2.24) is 14.9 Å². The van der Waals surface area contributed by atoms with Gasteiger partial charge in [-0.2, -0.15) is 0 Å². The molecule has 1 N–H and O–H groups in total. The minimum Gasteiger partial charge on any atom is -0.484 e. The standard InChI is InChI=1S/C20H19ClFN3O2/c1-13-11-14(7-8-16(13)21)27-12-18(26)24-19(20-23-9-10-25(20)2)15-5-3-4-6-17(15)22/h3-11,19H,12H2,1-2H3,(H,24,26). The number of ether oxygens (including phenoxy) is 1. The number of carbonyl (C=O) groups is 1. The van der Waals surface area contributed by atoms with E-state index in [4.69, 9.17) is 16.3 Å². The third-order valence-corrected chi connectivity index (χ3v) is 4.56. The number of hydrogen-bond acceptors (Lipinski definition) is 3. The van der Waals surface area contributed by atoms with Gasteiger partial charge in [0.25, 0.3) is 5.91 Å². The monoisotopic (exact) mass is 387 g/mol. The average molecular weight is 388 g/mol. The van der Waals surface area contributed by atoms with E-state index in [0.717, 1.165) is 5.56 Å². The van der Waals surface area contributed by atoms with E-state index < -0.39 is 11.9 Å². The van der Waals surface area contributed by atoms with Crippen LogP contribution in [-0.2, 0) is 11.8 Å². The number of imidazole rings is 1. The highest BCUT2D eigenvalue weighted by molar-refractivity contribution is 6.31. The fourth-order valence-electron chi connectivity index (χ4n) is 2.70. The minimum atomic E-state index is -0.728. The van der Waals surface area contributed by atoms with E-state index in [0.29, 0.717) is 22.2 Å². The van der Waals surface area contributed by atoms with Crippen LogP contribution in [-0.4, -0.2) is 22.1 Å². The van der Waals surface area contributed by atoms with Crippen molar-refractivity contribution >= 4 is 17.5 Å². The van der Waals surface area contributed by atoms with Crippen LogP contribution in [0.4, 0.5) is 4.39 Å². The van der Waals surface area contributed by atoms with Crippen LogP contribution in [0.3, 0.4) is 0 Å². The first-order chi connectivity index (χ1) is 13.0. The van der Waals surface area contributed by atoms with E-state index in [-0.39, 0.29) is 12.5 Å². The Labute approximate surface area is 161 Å². The second kappa shape index (κ2) is 8.22. The van der Waals surface area contributed by atoms with Gasteiger partial charge in [0, 0.05) is 30.0 Å². The van der Waals surface area contributed by atoms with E-state index in [1.165, 1.54) is 6.07 Å². The summed E-state index contributed by atoms with van der Waals surface area (Å²) < 4.78 is 21.6. The maximum absolute atomic E-state index is 14.3. The molecule has 0 aliphatic carbocycles. The molecule has 0 aliphatic rings. The lowest BCUT2D eigenvalue weighted by molar-refractivity contribution is -0.123. The number of rotatable bonds is 6. The number of benzene rings is 2. The fraction of sp³-hybridized carbons (Fsp3) is 0.200. The van der Waals surface area contributed by atoms with Gasteiger partial charge in [-0.1, -0.05) is 29.8 Å². The van der Waals surface area contributed by atoms with Gasteiger partial charge in [-0.3, -0.25) is 4.79 Å². The number of carbonyl (C=O) groups excluding carboxylic acids is 1. The summed E-state index contributed by atoms with van der Waals surface area (Å²) in [4.78, 5) is 16.7. The Morgan fingerprint density at radius 1 is 1.33 bits per heavy atom. The third-order valence-electron chi connectivity index (χ3n) is 4.14. The zero-order chi connectivity index (χ0) is 19.4. The Bertz CT molecular complexity index is 958. The lowest BCUT2D eigenvalue weighted by atomic mass is 10.1. The summed E-state index contributed by atoms with van der Waals surface area (Å²) in [6.45, 7) is 1.64. The molecule has 2 aromatic carbocycles. The zero-order valence-electron chi connectivity index (χ0n) is 14.9. The molecule has 1 unspecified atom stereocenters. The molecule has 1 aromatic heterocycles. The Balaban J connectivity index is 1.76. The van der Waals surface area contributed by atoms with Gasteiger partial charge in [0.15, 0.2) is 6.61 Å². The van der Waals surface area contributed by atoms with Gasteiger partial charge in [-0.15, -0.1) is 0 Å². The van der Waals surface area contributed by atoms with Crippen molar-refractivity contribution in [1.29, 1.82) is 0 Å². The molecule has 3 aromatic rings. The van der Waals surface area contributed by atoms with Gasteiger partial charge in [0.05, 0.1) is 0 Å². The molecule has 140 valence electrons. The summed E-state index contributed by atoms with van der Waals surface area (Å²) in [5.41, 5.74) is 1.19. The van der Waals surface area contributed by atoms with Crippen molar-refractivity contribution in [3.63, 3.8) is 0 Å². The number of hydrogen-bond donors (Lipinski definition) is 1. The molecule has 7 heteroatoms. The van der Waals surface area contributed by atoms with Gasteiger partial charge >= 0.3 is 0 Å². The molecule has 1 heterocycles. The fourth-order valence-corrected chi connectivity index (χ4v) is 2.82. The van der Waals surface area contributed by atoms with Crippen molar-refractivity contribution in [3.8, 4) is 5.75 Å². The number of amides is 1. The molecule has 0 bridgehead atoms. The van der Waals surface area contributed by atoms with E-state index in [2.05, 4.69) is 10.3 Å². The van der Waals surface area contributed by atoms with E-state index in [9.17, 15) is 9.18 Å². The van der Waals surface area contributed by atoms with Crippen LogP contribution in [0.25, 0.3) is 0 Å². The van der Waals surface area contributed by atoms with Crippen LogP contribution < -0.4 is 10.1 Å². The number of halogens is 2. The number of aromatic nitrogens is 2. The van der Waals surface area contributed by atoms with Crippen LogP contribution in [0.15, 0.2) is 54.9 Å². The average Bonchev–Trinajstić information content (AvgIpc) is 3.07. The molecular weight excluding hydrogens is 369 g/mol. The third kappa shape index (κ3) is 4.46. The number of aryl methyl sites for hydroxylation is 2. The normalized spacial score (nSPS) is 11.9. The molecule has 5 nitrogen and oxygen atoms in total. The molecule has 1 atom stereocenters. The highest BCUT2D eigenvalue weighted by atomic mass is 35.5. The van der Waals surface area contributed by atoms with E-state index in [1.807, 2.05) is 6.92 Å². The smallest absolute Gasteiger partial charge is 0.258 e. The molecule has 0 fully saturated rings. The lowest BCUT2D eigenvalue weighted by Gasteiger charge is -2.20. The van der Waals surface area contributed by atoms with Crippen molar-refractivity contribution < 1.29 is 13.9 Å². The Kier molecular flexibility index (Phi) is 5.76. The van der Waals surface area contributed by atoms with Crippen LogP contribution in [0.5, 0.6) is 5.75 Å². The molecule has 0 saturated heterocycles. The Morgan fingerprint density at radius 2 is 2.11 bits per heavy atom. The number of nitrogens with one attached hydrogen (secondary N) is 1. The van der Waals surface area contributed by atoms with Crippen molar-refractivity contribution in [2.75, 3.05) is 6.61 Å². The van der Waals surface area contributed by atoms with Crippen molar-refractivity contribution in [2.45, 2.75) is 13.0 Å². The van der Waals surface area contributed by atoms with E-state index >= 15 is 0 Å². The Morgan fingerprint density at radius 3 is 2.78 bits per heavy atom. The van der Waals surface area contributed by atoms with Gasteiger partial charge < -0.3 is 14.6 Å². The summed E-state index contributed by atoms with van der Waals surface area (Å²) in [7, 11) is 1.79. The van der Waals surface area contributed by atoms with Crippen LogP contribution in [0, 0.1) is 12.7 Å². The second-order valence-corrected chi connectivity index (χ2v) is 6.53. The molecule has 1 amide bonds. The molecular formula is C20H19ClFN3O2. The maximum atomic E-state index is 14.3. The van der Waals surface area contributed by atoms with Crippen LogP contribution >= 0.6 is 11.6 Å². The Hall–Kier alpha value is -2.86. The maximum Gasteiger partial charge on any atom is 0.258 e. The van der Waals surface area contributed by atoms with Crippen molar-refractivity contribution in [3.05, 3.63) is 82.6 Å². The van der Waals surface area contributed by atoms with Gasteiger partial charge in [0.2, 0.25) is 0 Å². The van der Waals surface area contributed by atoms with E-state index in [1.54, 1.807) is 60.4 Å². The summed E-state index contributed by atoms with van der Waals surface area (Å²) in [5.74, 6) is 0.251. The highest BCUT2D eigenvalue weighted by Gasteiger charge is 2.23. The van der Waals surface area contributed by atoms with Crippen LogP contribution in [0.2, 0.25) is 5.02 Å². The SMILES string of the molecule is Cc1cc(OCC(=O)NC(c2ccccc2F)c2nccn2C)ccc1Cl. The second-order valence-electron chi connectivity index (χ2n) is 6.12. The summed E-state index contributed by atoms with van der Waals surface area (Å²) >= 11 is 5.99. The summed E-state index contributed by atoms with van der Waals surface area (Å²) in [6, 6.07) is 10.7. The molecule has 0 aliphatic heterocycles. The summed E-state index contributed by atoms with van der Waals surface area (Å²) in [6.07, 6.45) is 3.34. The molecule has 0 saturated carbocycles. The lowest BCUT2D eigenvalue weighted by Crippen LogP contribution is -2.35. The predicted molar refractivity (Wildman–Crippen MR) is 101 cm³/mol. The topological polar surface area (TPSA) is 56.1 Å². The minimum absolute atomic E-state index is 0.212. The number of nitrogens with zero attached hydrogens (tertiary/aromatic N) is 2. The largest absolute Gasteiger partial charge is 0.484 e. The first kappa shape index (κ1) is 18.9. The van der Waals surface area contributed by atoms with Gasteiger partial charge in [-0.05, 0) is 36.8 Å². The molecule has 3 rings (SSSR count). The van der Waals surface area contributed by atoms with Gasteiger partial charge in [-0.25, -0.2) is 9.37 Å². The molecule has 27 heavy (non-hydrogen) atoms. The van der Waals surface area contributed by atoms with Gasteiger partial charge in [0.1, 0.15) is 23.4 Å². The van der Waals surface area contributed by atoms with Crippen LogP contribution in [0.1, 0.15) is 23.0 Å². The molecule has 0 spiro atoms. The first-order valence-electron chi connectivity index (χ1n) is 8.35. The highest BCUT2D eigenvalue weighted by Crippen LogP contribution is 2.24. The first-order valence-corrected chi connectivity index (χ1v) is 8.73. The van der Waals surface area contributed by atoms with Crippen molar-refractivity contribution in [2.24, 2.45) is 7.05 Å². The predicted octanol–water partition coefficient (Wildman–Crippen LogP) is 3.81. The summed E-state index contributed by atoms with van der Waals surface area (Å²) in [5, 5.41) is 3.43. The quantitative estimate of drug-likeness (QED) is 0.699. The molecule has 0 radical (unpaired) electrons. The zero-order valence-corrected chi connectivity index (χ0v) is 15.7.